The highest BCUT2D eigenvalue weighted by Crippen LogP contribution is 2.34. The number of unbranched alkanes of at least 4 members (excludes halogenated alkanes) is 1. The molecule has 0 atom stereocenters. The zero-order valence-electron chi connectivity index (χ0n) is 25.4. The van der Waals surface area contributed by atoms with Crippen LogP contribution < -0.4 is 14.4 Å². The van der Waals surface area contributed by atoms with Crippen LogP contribution >= 0.6 is 23.2 Å². The van der Waals surface area contributed by atoms with Crippen molar-refractivity contribution in [1.29, 1.82) is 0 Å². The third-order valence-corrected chi connectivity index (χ3v) is 8.15. The van der Waals surface area contributed by atoms with Crippen molar-refractivity contribution in [3.8, 4) is 11.6 Å². The number of ether oxygens (including phenoxy) is 3. The van der Waals surface area contributed by atoms with E-state index in [1.54, 1.807) is 6.07 Å². The first kappa shape index (κ1) is 32.2. The number of carbonyl (C=O) groups excluding carboxylic acids is 1. The summed E-state index contributed by atoms with van der Waals surface area (Å²) in [6, 6.07) is 15.4. The SMILES string of the molecule is CC(C)(C)CC(C)(C)C(=O)OCOc1ccc2ccc(OCCCCN3CCN(c4cccc(Cl)c4Cl)CC3)cc2n1. The summed E-state index contributed by atoms with van der Waals surface area (Å²) in [6.07, 6.45) is 2.74. The normalized spacial score (nSPS) is 14.7. The van der Waals surface area contributed by atoms with Gasteiger partial charge in [-0.05, 0) is 75.4 Å². The number of nitrogens with zero attached hydrogens (tertiary/aromatic N) is 3. The fourth-order valence-electron chi connectivity index (χ4n) is 5.56. The van der Waals surface area contributed by atoms with Gasteiger partial charge in [-0.15, -0.1) is 0 Å². The molecule has 9 heteroatoms. The summed E-state index contributed by atoms with van der Waals surface area (Å²) in [4.78, 5) is 21.9. The van der Waals surface area contributed by atoms with Gasteiger partial charge in [0.1, 0.15) is 5.75 Å². The summed E-state index contributed by atoms with van der Waals surface area (Å²) in [5.41, 5.74) is 1.21. The smallest absolute Gasteiger partial charge is 0.314 e. The molecule has 1 aliphatic heterocycles. The number of hydrogen-bond acceptors (Lipinski definition) is 7. The van der Waals surface area contributed by atoms with E-state index >= 15 is 0 Å². The van der Waals surface area contributed by atoms with Crippen molar-refractivity contribution in [2.45, 2.75) is 53.9 Å². The number of anilines is 1. The molecule has 0 amide bonds. The number of fused-ring (bicyclic) bond motifs is 1. The first-order chi connectivity index (χ1) is 19.9. The van der Waals surface area contributed by atoms with E-state index in [1.807, 2.05) is 56.3 Å². The van der Waals surface area contributed by atoms with E-state index in [2.05, 4.69) is 35.6 Å². The lowest BCUT2D eigenvalue weighted by molar-refractivity contribution is -0.162. The van der Waals surface area contributed by atoms with Crippen molar-refractivity contribution >= 4 is 45.8 Å². The van der Waals surface area contributed by atoms with E-state index in [-0.39, 0.29) is 18.2 Å². The second kappa shape index (κ2) is 14.2. The molecule has 0 aliphatic carbocycles. The average molecular weight is 617 g/mol. The lowest BCUT2D eigenvalue weighted by Gasteiger charge is -2.36. The largest absolute Gasteiger partial charge is 0.494 e. The Hall–Kier alpha value is -2.74. The molecular weight excluding hydrogens is 573 g/mol. The van der Waals surface area contributed by atoms with Crippen LogP contribution in [0.15, 0.2) is 48.5 Å². The molecule has 7 nitrogen and oxygen atoms in total. The quantitative estimate of drug-likeness (QED) is 0.117. The van der Waals surface area contributed by atoms with Gasteiger partial charge in [0.25, 0.3) is 0 Å². The Morgan fingerprint density at radius 1 is 0.929 bits per heavy atom. The number of rotatable bonds is 12. The Morgan fingerprint density at radius 3 is 2.40 bits per heavy atom. The van der Waals surface area contributed by atoms with Gasteiger partial charge in [0.05, 0.1) is 33.3 Å². The molecule has 2 aromatic carbocycles. The topological polar surface area (TPSA) is 64.1 Å². The fraction of sp³-hybridized carbons (Fsp3) is 0.515. The minimum absolute atomic E-state index is 0.0211. The molecule has 1 saturated heterocycles. The molecule has 1 aromatic heterocycles. The van der Waals surface area contributed by atoms with Crippen LogP contribution in [0.5, 0.6) is 11.6 Å². The van der Waals surface area contributed by atoms with Gasteiger partial charge in [-0.25, -0.2) is 4.98 Å². The van der Waals surface area contributed by atoms with Crippen LogP contribution in [0.1, 0.15) is 53.9 Å². The molecule has 228 valence electrons. The van der Waals surface area contributed by atoms with Gasteiger partial charge in [0.15, 0.2) is 0 Å². The minimum Gasteiger partial charge on any atom is -0.494 e. The van der Waals surface area contributed by atoms with Gasteiger partial charge in [-0.1, -0.05) is 50.0 Å². The third kappa shape index (κ3) is 9.13. The molecule has 0 unspecified atom stereocenters. The molecule has 3 aromatic rings. The number of carbonyl (C=O) groups is 1. The average Bonchev–Trinajstić information content (AvgIpc) is 2.93. The van der Waals surface area contributed by atoms with Gasteiger partial charge in [-0.3, -0.25) is 9.69 Å². The Morgan fingerprint density at radius 2 is 1.67 bits per heavy atom. The van der Waals surface area contributed by atoms with Crippen LogP contribution in [0.4, 0.5) is 5.69 Å². The molecule has 0 saturated carbocycles. The summed E-state index contributed by atoms with van der Waals surface area (Å²) in [6.45, 7) is 15.5. The monoisotopic (exact) mass is 615 g/mol. The van der Waals surface area contributed by atoms with Gasteiger partial charge in [-0.2, -0.15) is 0 Å². The highest BCUT2D eigenvalue weighted by atomic mass is 35.5. The number of esters is 1. The van der Waals surface area contributed by atoms with E-state index < -0.39 is 5.41 Å². The van der Waals surface area contributed by atoms with Crippen LogP contribution in [-0.2, 0) is 9.53 Å². The highest BCUT2D eigenvalue weighted by molar-refractivity contribution is 6.43. The van der Waals surface area contributed by atoms with E-state index in [1.165, 1.54) is 0 Å². The second-order valence-electron chi connectivity index (χ2n) is 12.8. The van der Waals surface area contributed by atoms with E-state index in [0.717, 1.165) is 67.9 Å². The van der Waals surface area contributed by atoms with Crippen LogP contribution in [0, 0.1) is 10.8 Å². The van der Waals surface area contributed by atoms with E-state index in [9.17, 15) is 4.79 Å². The molecule has 1 aliphatic rings. The first-order valence-electron chi connectivity index (χ1n) is 14.7. The first-order valence-corrected chi connectivity index (χ1v) is 15.4. The number of aromatic nitrogens is 1. The van der Waals surface area contributed by atoms with Crippen molar-refractivity contribution in [3.05, 3.63) is 58.6 Å². The van der Waals surface area contributed by atoms with Crippen molar-refractivity contribution in [1.82, 2.24) is 9.88 Å². The summed E-state index contributed by atoms with van der Waals surface area (Å²) < 4.78 is 17.1. The van der Waals surface area contributed by atoms with Crippen LogP contribution in [0.25, 0.3) is 10.9 Å². The lowest BCUT2D eigenvalue weighted by Crippen LogP contribution is -2.46. The number of halogens is 2. The molecule has 4 rings (SSSR count). The second-order valence-corrected chi connectivity index (χ2v) is 13.6. The summed E-state index contributed by atoms with van der Waals surface area (Å²) >= 11 is 12.6. The predicted octanol–water partition coefficient (Wildman–Crippen LogP) is 7.86. The maximum absolute atomic E-state index is 12.6. The Labute approximate surface area is 260 Å². The highest BCUT2D eigenvalue weighted by Gasteiger charge is 2.34. The maximum Gasteiger partial charge on any atom is 0.314 e. The molecule has 0 radical (unpaired) electrons. The van der Waals surface area contributed by atoms with Crippen molar-refractivity contribution in [3.63, 3.8) is 0 Å². The van der Waals surface area contributed by atoms with E-state index in [0.29, 0.717) is 29.0 Å². The van der Waals surface area contributed by atoms with Crippen LogP contribution in [-0.4, -0.2) is 62.0 Å². The summed E-state index contributed by atoms with van der Waals surface area (Å²) in [5.74, 6) is 0.895. The fourth-order valence-corrected chi connectivity index (χ4v) is 5.98. The number of benzene rings is 2. The molecule has 42 heavy (non-hydrogen) atoms. The van der Waals surface area contributed by atoms with Crippen molar-refractivity contribution < 1.29 is 19.0 Å². The Bertz CT molecular complexity index is 1350. The summed E-state index contributed by atoms with van der Waals surface area (Å²) in [5, 5.41) is 2.21. The molecule has 2 heterocycles. The van der Waals surface area contributed by atoms with Crippen molar-refractivity contribution in [2.75, 3.05) is 51.0 Å². The standard InChI is InChI=1S/C33H43Cl2N3O4/c1-32(2,3)22-33(4,5)31(39)42-23-41-29-14-12-24-11-13-25(21-27(24)36-29)40-20-7-6-15-37-16-18-38(19-17-37)28-10-8-9-26(34)30(28)35/h8-14,21H,6-7,15-20,22-23H2,1-5H3. The summed E-state index contributed by atoms with van der Waals surface area (Å²) in [7, 11) is 0. The van der Waals surface area contributed by atoms with Crippen LogP contribution in [0.2, 0.25) is 10.0 Å². The van der Waals surface area contributed by atoms with Crippen LogP contribution in [0.3, 0.4) is 0 Å². The number of piperazine rings is 1. The number of hydrogen-bond donors (Lipinski definition) is 0. The van der Waals surface area contributed by atoms with Gasteiger partial charge in [0.2, 0.25) is 12.7 Å². The van der Waals surface area contributed by atoms with Crippen molar-refractivity contribution in [2.24, 2.45) is 10.8 Å². The molecule has 0 spiro atoms. The van der Waals surface area contributed by atoms with Gasteiger partial charge >= 0.3 is 5.97 Å². The lowest BCUT2D eigenvalue weighted by atomic mass is 9.76. The molecule has 1 fully saturated rings. The zero-order chi connectivity index (χ0) is 30.3. The Kier molecular flexibility index (Phi) is 10.8. The minimum atomic E-state index is -0.591. The predicted molar refractivity (Wildman–Crippen MR) is 171 cm³/mol. The third-order valence-electron chi connectivity index (χ3n) is 7.34. The zero-order valence-corrected chi connectivity index (χ0v) is 26.9. The maximum atomic E-state index is 12.6. The molecule has 0 N–H and O–H groups in total. The Balaban J connectivity index is 1.17. The van der Waals surface area contributed by atoms with Gasteiger partial charge < -0.3 is 19.1 Å². The number of pyridine rings is 1. The molecular formula is C33H43Cl2N3O4. The van der Waals surface area contributed by atoms with E-state index in [4.69, 9.17) is 37.4 Å². The van der Waals surface area contributed by atoms with Gasteiger partial charge in [0, 0.05) is 43.7 Å². The molecule has 0 bridgehead atoms.